The fourth-order valence-corrected chi connectivity index (χ4v) is 4.16. The minimum atomic E-state index is -0.329. The van der Waals surface area contributed by atoms with Crippen LogP contribution < -0.4 is 14.8 Å². The molecule has 3 aromatic rings. The minimum Gasteiger partial charge on any atom is -0.493 e. The first-order chi connectivity index (χ1) is 13.8. The van der Waals surface area contributed by atoms with Crippen LogP contribution in [0.3, 0.4) is 0 Å². The lowest BCUT2D eigenvalue weighted by atomic mass is 9.99. The van der Waals surface area contributed by atoms with Crippen molar-refractivity contribution in [3.05, 3.63) is 51.6 Å². The number of rotatable bonds is 6. The zero-order valence-electron chi connectivity index (χ0n) is 17.0. The molecular formula is C21H24N4O3S. The van der Waals surface area contributed by atoms with E-state index in [1.54, 1.807) is 47.5 Å². The van der Waals surface area contributed by atoms with Crippen molar-refractivity contribution < 1.29 is 14.3 Å². The Morgan fingerprint density at radius 3 is 2.93 bits per heavy atom. The Hall–Kier alpha value is -2.87. The van der Waals surface area contributed by atoms with Crippen molar-refractivity contribution in [2.75, 3.05) is 11.9 Å². The highest BCUT2D eigenvalue weighted by Gasteiger charge is 2.33. The predicted octanol–water partition coefficient (Wildman–Crippen LogP) is 3.77. The summed E-state index contributed by atoms with van der Waals surface area (Å²) in [5, 5.41) is 7.01. The number of anilines is 1. The molecule has 0 aliphatic carbocycles. The van der Waals surface area contributed by atoms with Gasteiger partial charge in [0.1, 0.15) is 17.1 Å². The van der Waals surface area contributed by atoms with Gasteiger partial charge in [-0.25, -0.2) is 4.98 Å². The van der Waals surface area contributed by atoms with Gasteiger partial charge in [0, 0.05) is 48.2 Å². The number of fused-ring (bicyclic) bond motifs is 1. The maximum absolute atomic E-state index is 12.8. The number of nitrogens with zero attached hydrogens (tertiary/aromatic N) is 3. The molecule has 7 nitrogen and oxygen atoms in total. The maximum Gasteiger partial charge on any atom is 0.257 e. The third-order valence-corrected chi connectivity index (χ3v) is 5.80. The monoisotopic (exact) mass is 412 g/mol. The highest BCUT2D eigenvalue weighted by atomic mass is 32.1. The van der Waals surface area contributed by atoms with Crippen LogP contribution in [-0.4, -0.2) is 32.9 Å². The molecular weight excluding hydrogens is 388 g/mol. The number of hydrogen-bond donors (Lipinski definition) is 1. The first kappa shape index (κ1) is 19.4. The number of aromatic nitrogens is 3. The van der Waals surface area contributed by atoms with Crippen LogP contribution in [0.25, 0.3) is 0 Å². The van der Waals surface area contributed by atoms with Gasteiger partial charge in [-0.2, -0.15) is 5.10 Å². The van der Waals surface area contributed by atoms with Crippen LogP contribution in [0.15, 0.2) is 29.9 Å². The Balaban J connectivity index is 1.56. The van der Waals surface area contributed by atoms with Crippen LogP contribution in [0.4, 0.5) is 5.82 Å². The highest BCUT2D eigenvalue weighted by molar-refractivity contribution is 7.09. The summed E-state index contributed by atoms with van der Waals surface area (Å²) < 4.78 is 13.8. The van der Waals surface area contributed by atoms with Crippen molar-refractivity contribution in [3.63, 3.8) is 0 Å². The second-order valence-corrected chi connectivity index (χ2v) is 8.72. The summed E-state index contributed by atoms with van der Waals surface area (Å²) in [6, 6.07) is 5.32. The first-order valence-corrected chi connectivity index (χ1v) is 10.4. The Bertz CT molecular complexity index is 1050. The van der Waals surface area contributed by atoms with E-state index in [9.17, 15) is 4.79 Å². The van der Waals surface area contributed by atoms with E-state index in [4.69, 9.17) is 9.47 Å². The molecule has 0 saturated heterocycles. The lowest BCUT2D eigenvalue weighted by molar-refractivity contribution is 0.102. The van der Waals surface area contributed by atoms with Crippen LogP contribution in [0, 0.1) is 6.92 Å². The smallest absolute Gasteiger partial charge is 0.257 e. The molecule has 152 valence electrons. The van der Waals surface area contributed by atoms with Gasteiger partial charge in [0.15, 0.2) is 5.82 Å². The molecule has 0 radical (unpaired) electrons. The van der Waals surface area contributed by atoms with Gasteiger partial charge in [-0.1, -0.05) is 0 Å². The third-order valence-electron chi connectivity index (χ3n) is 4.81. The molecule has 29 heavy (non-hydrogen) atoms. The summed E-state index contributed by atoms with van der Waals surface area (Å²) in [6.07, 6.45) is 3.29. The number of amides is 1. The number of aryl methyl sites for hydroxylation is 2. The molecule has 1 aromatic carbocycles. The molecule has 1 aliphatic rings. The zero-order chi connectivity index (χ0) is 20.6. The quantitative estimate of drug-likeness (QED) is 0.667. The highest BCUT2D eigenvalue weighted by Crippen LogP contribution is 2.41. The molecule has 2 aromatic heterocycles. The van der Waals surface area contributed by atoms with E-state index >= 15 is 0 Å². The van der Waals surface area contributed by atoms with E-state index in [1.165, 1.54) is 4.88 Å². The number of hydrogen-bond acceptors (Lipinski definition) is 6. The van der Waals surface area contributed by atoms with Gasteiger partial charge in [-0.05, 0) is 32.9 Å². The predicted molar refractivity (Wildman–Crippen MR) is 112 cm³/mol. The van der Waals surface area contributed by atoms with Gasteiger partial charge in [-0.3, -0.25) is 9.48 Å². The standard InChI is InChI=1S/C21H24N4O3S/c1-13-18(29-12-22-13)6-8-27-16-9-14(10-17-15(16)11-21(2,3)28-17)20(26)23-19-5-7-25(4)24-19/h5,7,9-10,12H,6,8,11H2,1-4H3,(H,23,24,26). The summed E-state index contributed by atoms with van der Waals surface area (Å²) in [6.45, 7) is 6.58. The fourth-order valence-electron chi connectivity index (χ4n) is 3.39. The van der Waals surface area contributed by atoms with Crippen molar-refractivity contribution in [3.8, 4) is 11.5 Å². The maximum atomic E-state index is 12.8. The van der Waals surface area contributed by atoms with E-state index in [2.05, 4.69) is 15.4 Å². The number of thiazole rings is 1. The summed E-state index contributed by atoms with van der Waals surface area (Å²) in [4.78, 5) is 18.3. The minimum absolute atomic E-state index is 0.247. The van der Waals surface area contributed by atoms with Crippen LogP contribution in [-0.2, 0) is 19.9 Å². The lowest BCUT2D eigenvalue weighted by Crippen LogP contribution is -2.24. The molecule has 3 heterocycles. The average Bonchev–Trinajstić information content (AvgIpc) is 3.33. The van der Waals surface area contributed by atoms with E-state index in [0.29, 0.717) is 29.5 Å². The molecule has 0 saturated carbocycles. The Morgan fingerprint density at radius 1 is 1.41 bits per heavy atom. The van der Waals surface area contributed by atoms with Crippen LogP contribution in [0.5, 0.6) is 11.5 Å². The Labute approximate surface area is 173 Å². The van der Waals surface area contributed by atoms with Gasteiger partial charge in [0.25, 0.3) is 5.91 Å². The molecule has 0 fully saturated rings. The number of ether oxygens (including phenoxy) is 2. The van der Waals surface area contributed by atoms with E-state index in [0.717, 1.165) is 24.1 Å². The second kappa shape index (κ2) is 7.51. The van der Waals surface area contributed by atoms with Crippen molar-refractivity contribution in [1.82, 2.24) is 14.8 Å². The Kier molecular flexibility index (Phi) is 5.04. The average molecular weight is 413 g/mol. The first-order valence-electron chi connectivity index (χ1n) is 9.49. The lowest BCUT2D eigenvalue weighted by Gasteiger charge is -2.16. The van der Waals surface area contributed by atoms with Crippen molar-refractivity contribution >= 4 is 23.1 Å². The van der Waals surface area contributed by atoms with E-state index in [-0.39, 0.29) is 11.5 Å². The molecule has 0 atom stereocenters. The number of carbonyl (C=O) groups excluding carboxylic acids is 1. The molecule has 4 rings (SSSR count). The zero-order valence-corrected chi connectivity index (χ0v) is 17.8. The largest absolute Gasteiger partial charge is 0.493 e. The van der Waals surface area contributed by atoms with Crippen LogP contribution in [0.1, 0.15) is 40.3 Å². The molecule has 0 unspecified atom stereocenters. The molecule has 0 spiro atoms. The van der Waals surface area contributed by atoms with E-state index < -0.39 is 0 Å². The summed E-state index contributed by atoms with van der Waals surface area (Å²) in [7, 11) is 1.80. The second-order valence-electron chi connectivity index (χ2n) is 7.78. The number of nitrogens with one attached hydrogen (secondary N) is 1. The molecule has 8 heteroatoms. The summed E-state index contributed by atoms with van der Waals surface area (Å²) in [5.74, 6) is 1.65. The van der Waals surface area contributed by atoms with Gasteiger partial charge < -0.3 is 14.8 Å². The van der Waals surface area contributed by atoms with Gasteiger partial charge in [-0.15, -0.1) is 11.3 Å². The fraction of sp³-hybridized carbons (Fsp3) is 0.381. The number of benzene rings is 1. The van der Waals surface area contributed by atoms with Gasteiger partial charge in [0.05, 0.1) is 17.8 Å². The summed E-state index contributed by atoms with van der Waals surface area (Å²) in [5.41, 5.74) is 4.05. The molecule has 1 amide bonds. The van der Waals surface area contributed by atoms with Crippen molar-refractivity contribution in [2.24, 2.45) is 7.05 Å². The molecule has 1 N–H and O–H groups in total. The summed E-state index contributed by atoms with van der Waals surface area (Å²) >= 11 is 1.63. The van der Waals surface area contributed by atoms with Crippen molar-refractivity contribution in [2.45, 2.75) is 39.2 Å². The van der Waals surface area contributed by atoms with Gasteiger partial charge >= 0.3 is 0 Å². The topological polar surface area (TPSA) is 78.3 Å². The SMILES string of the molecule is Cc1ncsc1CCOc1cc(C(=O)Nc2ccn(C)n2)cc2c1CC(C)(C)O2. The molecule has 0 bridgehead atoms. The normalized spacial score (nSPS) is 14.3. The van der Waals surface area contributed by atoms with Gasteiger partial charge in [0.2, 0.25) is 0 Å². The van der Waals surface area contributed by atoms with E-state index in [1.807, 2.05) is 26.3 Å². The van der Waals surface area contributed by atoms with Crippen molar-refractivity contribution in [1.29, 1.82) is 0 Å². The Morgan fingerprint density at radius 2 is 2.24 bits per heavy atom. The van der Waals surface area contributed by atoms with Crippen LogP contribution >= 0.6 is 11.3 Å². The number of carbonyl (C=O) groups is 1. The molecule has 1 aliphatic heterocycles. The third kappa shape index (κ3) is 4.27. The van der Waals surface area contributed by atoms with Crippen LogP contribution in [0.2, 0.25) is 0 Å².